The SMILES string of the molecule is [N-]=[N+]=NCCCNC(C(N)=O)c1ncc(Br)cc1Br. The minimum atomic E-state index is -0.687. The van der Waals surface area contributed by atoms with E-state index in [-0.39, 0.29) is 0 Å². The van der Waals surface area contributed by atoms with Gasteiger partial charge in [0.15, 0.2) is 0 Å². The molecule has 1 aromatic heterocycles. The third-order valence-corrected chi connectivity index (χ3v) is 3.31. The van der Waals surface area contributed by atoms with E-state index in [2.05, 4.69) is 52.2 Å². The molecule has 0 aliphatic rings. The van der Waals surface area contributed by atoms with Gasteiger partial charge < -0.3 is 11.1 Å². The van der Waals surface area contributed by atoms with E-state index >= 15 is 0 Å². The number of nitrogens with one attached hydrogen (secondary N) is 1. The van der Waals surface area contributed by atoms with Gasteiger partial charge in [-0.3, -0.25) is 9.78 Å². The molecule has 0 radical (unpaired) electrons. The Bertz CT molecular complexity index is 503. The van der Waals surface area contributed by atoms with Crippen LogP contribution in [0.15, 0.2) is 26.3 Å². The number of azide groups is 1. The number of pyridine rings is 1. The summed E-state index contributed by atoms with van der Waals surface area (Å²) in [6, 6.07) is 1.11. The van der Waals surface area contributed by atoms with Gasteiger partial charge in [-0.05, 0) is 56.4 Å². The van der Waals surface area contributed by atoms with Crippen molar-refractivity contribution >= 4 is 37.8 Å². The summed E-state index contributed by atoms with van der Waals surface area (Å²) in [5.74, 6) is -0.515. The second kappa shape index (κ2) is 8.11. The fourth-order valence-corrected chi connectivity index (χ4v) is 2.63. The second-order valence-electron chi connectivity index (χ2n) is 3.62. The number of hydrogen-bond donors (Lipinski definition) is 2. The van der Waals surface area contributed by atoms with Crippen LogP contribution in [0, 0.1) is 0 Å². The van der Waals surface area contributed by atoms with Crippen molar-refractivity contribution in [2.24, 2.45) is 10.8 Å². The molecule has 3 N–H and O–H groups in total. The lowest BCUT2D eigenvalue weighted by Gasteiger charge is -2.16. The Hall–Kier alpha value is -1.15. The fourth-order valence-electron chi connectivity index (χ4n) is 1.41. The maximum Gasteiger partial charge on any atom is 0.240 e. The maximum atomic E-state index is 11.5. The van der Waals surface area contributed by atoms with Gasteiger partial charge in [-0.1, -0.05) is 5.11 Å². The minimum absolute atomic E-state index is 0.365. The lowest BCUT2D eigenvalue weighted by molar-refractivity contribution is -0.120. The molecular weight excluding hydrogens is 380 g/mol. The van der Waals surface area contributed by atoms with Crippen LogP contribution in [0.2, 0.25) is 0 Å². The Balaban J connectivity index is 2.71. The van der Waals surface area contributed by atoms with Crippen LogP contribution in [0.4, 0.5) is 0 Å². The first-order chi connectivity index (χ1) is 9.06. The van der Waals surface area contributed by atoms with Gasteiger partial charge >= 0.3 is 0 Å². The predicted octanol–water partition coefficient (Wildman–Crippen LogP) is 2.42. The van der Waals surface area contributed by atoms with Crippen molar-refractivity contribution in [3.8, 4) is 0 Å². The average molecular weight is 392 g/mol. The highest BCUT2D eigenvalue weighted by molar-refractivity contribution is 9.11. The van der Waals surface area contributed by atoms with Crippen LogP contribution in [-0.4, -0.2) is 24.0 Å². The molecule has 0 aliphatic heterocycles. The van der Waals surface area contributed by atoms with Gasteiger partial charge in [-0.25, -0.2) is 0 Å². The van der Waals surface area contributed by atoms with E-state index in [0.29, 0.717) is 29.7 Å². The van der Waals surface area contributed by atoms with Crippen molar-refractivity contribution in [2.45, 2.75) is 12.5 Å². The van der Waals surface area contributed by atoms with Crippen LogP contribution in [0.3, 0.4) is 0 Å². The van der Waals surface area contributed by atoms with E-state index < -0.39 is 11.9 Å². The largest absolute Gasteiger partial charge is 0.368 e. The molecule has 1 atom stereocenters. The molecule has 1 aromatic rings. The first kappa shape index (κ1) is 15.9. The lowest BCUT2D eigenvalue weighted by atomic mass is 10.1. The molecular formula is C10H12Br2N6O. The summed E-state index contributed by atoms with van der Waals surface area (Å²) in [5, 5.41) is 6.40. The second-order valence-corrected chi connectivity index (χ2v) is 5.39. The molecule has 0 aromatic carbocycles. The normalized spacial score (nSPS) is 11.7. The molecule has 1 unspecified atom stereocenters. The van der Waals surface area contributed by atoms with Crippen molar-refractivity contribution in [2.75, 3.05) is 13.1 Å². The number of hydrogen-bond acceptors (Lipinski definition) is 4. The molecule has 0 spiro atoms. The zero-order chi connectivity index (χ0) is 14.3. The first-order valence-corrected chi connectivity index (χ1v) is 6.99. The summed E-state index contributed by atoms with van der Waals surface area (Å²) in [7, 11) is 0. The summed E-state index contributed by atoms with van der Waals surface area (Å²) >= 11 is 6.63. The van der Waals surface area contributed by atoms with E-state index in [1.807, 2.05) is 0 Å². The topological polar surface area (TPSA) is 117 Å². The molecule has 1 amide bonds. The molecule has 9 heteroatoms. The minimum Gasteiger partial charge on any atom is -0.368 e. The molecule has 0 aliphatic carbocycles. The number of halogens is 2. The van der Waals surface area contributed by atoms with Crippen LogP contribution in [0.1, 0.15) is 18.2 Å². The van der Waals surface area contributed by atoms with Crippen LogP contribution in [-0.2, 0) is 4.79 Å². The lowest BCUT2D eigenvalue weighted by Crippen LogP contribution is -2.35. The molecule has 1 heterocycles. The van der Waals surface area contributed by atoms with Crippen molar-refractivity contribution in [1.82, 2.24) is 10.3 Å². The summed E-state index contributed by atoms with van der Waals surface area (Å²) < 4.78 is 1.49. The Kier molecular flexibility index (Phi) is 6.79. The summed E-state index contributed by atoms with van der Waals surface area (Å²) in [4.78, 5) is 18.3. The van der Waals surface area contributed by atoms with Crippen molar-refractivity contribution in [3.63, 3.8) is 0 Å². The smallest absolute Gasteiger partial charge is 0.240 e. The monoisotopic (exact) mass is 390 g/mol. The van der Waals surface area contributed by atoms with Gasteiger partial charge in [0.2, 0.25) is 5.91 Å². The number of carbonyl (C=O) groups excluding carboxylic acids is 1. The Morgan fingerprint density at radius 1 is 1.63 bits per heavy atom. The number of rotatable bonds is 7. The van der Waals surface area contributed by atoms with Gasteiger partial charge in [0.05, 0.1) is 5.69 Å². The maximum absolute atomic E-state index is 11.5. The van der Waals surface area contributed by atoms with E-state index in [1.54, 1.807) is 12.3 Å². The molecule has 0 saturated carbocycles. The molecule has 7 nitrogen and oxygen atoms in total. The number of aromatic nitrogens is 1. The number of carbonyl (C=O) groups is 1. The van der Waals surface area contributed by atoms with Gasteiger partial charge in [0.25, 0.3) is 0 Å². The van der Waals surface area contributed by atoms with Crippen LogP contribution in [0.25, 0.3) is 10.4 Å². The highest BCUT2D eigenvalue weighted by Gasteiger charge is 2.21. The van der Waals surface area contributed by atoms with Crippen LogP contribution in [0.5, 0.6) is 0 Å². The Morgan fingerprint density at radius 2 is 2.37 bits per heavy atom. The highest BCUT2D eigenvalue weighted by atomic mass is 79.9. The molecule has 0 fully saturated rings. The van der Waals surface area contributed by atoms with E-state index in [1.165, 1.54) is 0 Å². The third-order valence-electron chi connectivity index (χ3n) is 2.24. The van der Waals surface area contributed by atoms with Gasteiger partial charge in [0, 0.05) is 26.6 Å². The van der Waals surface area contributed by atoms with E-state index in [0.717, 1.165) is 4.47 Å². The Labute approximate surface area is 126 Å². The van der Waals surface area contributed by atoms with Gasteiger partial charge in [-0.2, -0.15) is 0 Å². The van der Waals surface area contributed by atoms with Gasteiger partial charge in [-0.15, -0.1) is 0 Å². The number of primary amides is 1. The standard InChI is InChI=1S/C10H12Br2N6O/c11-6-4-7(12)8(16-5-6)9(10(13)19)15-2-1-3-17-18-14/h4-5,9,15H,1-3H2,(H2,13,19). The molecule has 102 valence electrons. The number of nitrogens with zero attached hydrogens (tertiary/aromatic N) is 4. The van der Waals surface area contributed by atoms with Gasteiger partial charge in [0.1, 0.15) is 6.04 Å². The summed E-state index contributed by atoms with van der Waals surface area (Å²) in [6.07, 6.45) is 2.21. The highest BCUT2D eigenvalue weighted by Crippen LogP contribution is 2.24. The van der Waals surface area contributed by atoms with Crippen molar-refractivity contribution in [3.05, 3.63) is 37.3 Å². The first-order valence-electron chi connectivity index (χ1n) is 5.40. The predicted molar refractivity (Wildman–Crippen MR) is 78.2 cm³/mol. The van der Waals surface area contributed by atoms with E-state index in [9.17, 15) is 4.79 Å². The molecule has 19 heavy (non-hydrogen) atoms. The van der Waals surface area contributed by atoms with Crippen molar-refractivity contribution in [1.29, 1.82) is 0 Å². The number of nitrogens with two attached hydrogens (primary N) is 1. The number of amides is 1. The molecule has 0 saturated heterocycles. The quantitative estimate of drug-likeness (QED) is 0.321. The summed E-state index contributed by atoms with van der Waals surface area (Å²) in [6.45, 7) is 0.862. The Morgan fingerprint density at radius 3 is 2.95 bits per heavy atom. The molecule has 0 bridgehead atoms. The zero-order valence-corrected chi connectivity index (χ0v) is 13.1. The van der Waals surface area contributed by atoms with Crippen LogP contribution < -0.4 is 11.1 Å². The average Bonchev–Trinajstić information content (AvgIpc) is 2.35. The van der Waals surface area contributed by atoms with E-state index in [4.69, 9.17) is 11.3 Å². The summed E-state index contributed by atoms with van der Waals surface area (Å²) in [5.41, 5.74) is 14.0. The zero-order valence-electron chi connectivity index (χ0n) is 9.88. The fraction of sp³-hybridized carbons (Fsp3) is 0.400. The van der Waals surface area contributed by atoms with Crippen LogP contribution >= 0.6 is 31.9 Å². The third kappa shape index (κ3) is 5.15. The molecule has 1 rings (SSSR count). The van der Waals surface area contributed by atoms with Crippen molar-refractivity contribution < 1.29 is 4.79 Å².